The van der Waals surface area contributed by atoms with E-state index in [1.807, 2.05) is 0 Å². The predicted octanol–water partition coefficient (Wildman–Crippen LogP) is 2.12. The van der Waals surface area contributed by atoms with Gasteiger partial charge in [0.05, 0.1) is 23.1 Å². The van der Waals surface area contributed by atoms with E-state index < -0.39 is 0 Å². The van der Waals surface area contributed by atoms with Crippen molar-refractivity contribution in [2.24, 2.45) is 0 Å². The van der Waals surface area contributed by atoms with E-state index in [9.17, 15) is 4.79 Å². The lowest BCUT2D eigenvalue weighted by molar-refractivity contribution is 0.101. The maximum absolute atomic E-state index is 11.1. The zero-order valence-electron chi connectivity index (χ0n) is 8.01. The van der Waals surface area contributed by atoms with Gasteiger partial charge in [0.1, 0.15) is 0 Å². The number of nitrogens with zero attached hydrogens (tertiary/aromatic N) is 3. The Balaban J connectivity index is 2.45. The minimum absolute atomic E-state index is 0.0254. The number of hydrogen-bond acceptors (Lipinski definition) is 3. The molecule has 76 valence electrons. The van der Waals surface area contributed by atoms with E-state index >= 15 is 0 Å². The fraction of sp³-hybridized carbons (Fsp3) is 0.100. The van der Waals surface area contributed by atoms with Crippen LogP contribution in [0.25, 0.3) is 5.69 Å². The van der Waals surface area contributed by atoms with E-state index in [-0.39, 0.29) is 5.78 Å². The van der Waals surface area contributed by atoms with Gasteiger partial charge < -0.3 is 0 Å². The van der Waals surface area contributed by atoms with Gasteiger partial charge in [0, 0.05) is 18.0 Å². The third-order valence-electron chi connectivity index (χ3n) is 1.95. The Morgan fingerprint density at radius 1 is 1.40 bits per heavy atom. The van der Waals surface area contributed by atoms with Crippen LogP contribution in [0.3, 0.4) is 0 Å². The molecule has 2 aromatic heterocycles. The summed E-state index contributed by atoms with van der Waals surface area (Å²) in [5.41, 5.74) is 1.27. The van der Waals surface area contributed by atoms with Gasteiger partial charge in [0.25, 0.3) is 0 Å². The smallest absolute Gasteiger partial charge is 0.161 e. The molecule has 2 aromatic rings. The molecule has 5 heteroatoms. The van der Waals surface area contributed by atoms with Gasteiger partial charge in [-0.2, -0.15) is 5.10 Å². The Morgan fingerprint density at radius 3 is 2.80 bits per heavy atom. The minimum atomic E-state index is -0.0254. The molecular weight excluding hydrogens is 214 g/mol. The SMILES string of the molecule is CC(=O)c1cncc(-n2cc(Cl)cn2)c1. The first-order chi connectivity index (χ1) is 7.16. The summed E-state index contributed by atoms with van der Waals surface area (Å²) in [6.45, 7) is 1.50. The van der Waals surface area contributed by atoms with Crippen LogP contribution in [0.2, 0.25) is 5.02 Å². The van der Waals surface area contributed by atoms with Crippen molar-refractivity contribution in [3.05, 3.63) is 41.4 Å². The summed E-state index contributed by atoms with van der Waals surface area (Å²) in [5.74, 6) is -0.0254. The molecule has 0 saturated carbocycles. The number of aromatic nitrogens is 3. The molecule has 0 N–H and O–H groups in total. The Morgan fingerprint density at radius 2 is 2.20 bits per heavy atom. The summed E-state index contributed by atoms with van der Waals surface area (Å²) < 4.78 is 1.57. The molecule has 0 aromatic carbocycles. The minimum Gasteiger partial charge on any atom is -0.294 e. The number of halogens is 1. The normalized spacial score (nSPS) is 10.3. The van der Waals surface area contributed by atoms with Gasteiger partial charge in [-0.25, -0.2) is 4.68 Å². The predicted molar refractivity (Wildman–Crippen MR) is 56.4 cm³/mol. The van der Waals surface area contributed by atoms with Gasteiger partial charge in [-0.3, -0.25) is 9.78 Å². The number of carbonyl (C=O) groups is 1. The maximum Gasteiger partial charge on any atom is 0.161 e. The van der Waals surface area contributed by atoms with E-state index in [2.05, 4.69) is 10.1 Å². The molecule has 0 aliphatic rings. The van der Waals surface area contributed by atoms with Crippen molar-refractivity contribution < 1.29 is 4.79 Å². The first kappa shape index (κ1) is 9.86. The van der Waals surface area contributed by atoms with Gasteiger partial charge in [0.15, 0.2) is 5.78 Å². The molecule has 4 nitrogen and oxygen atoms in total. The highest BCUT2D eigenvalue weighted by atomic mass is 35.5. The monoisotopic (exact) mass is 221 g/mol. The number of carbonyl (C=O) groups excluding carboxylic acids is 1. The molecule has 0 amide bonds. The molecule has 0 atom stereocenters. The second-order valence-corrected chi connectivity index (χ2v) is 3.53. The van der Waals surface area contributed by atoms with Crippen molar-refractivity contribution in [3.8, 4) is 5.69 Å². The van der Waals surface area contributed by atoms with Crippen molar-refractivity contribution in [1.82, 2.24) is 14.8 Å². The van der Waals surface area contributed by atoms with Gasteiger partial charge in [0.2, 0.25) is 0 Å². The Labute approximate surface area is 91.5 Å². The lowest BCUT2D eigenvalue weighted by atomic mass is 10.2. The summed E-state index contributed by atoms with van der Waals surface area (Å²) in [6.07, 6.45) is 6.33. The number of Topliss-reactive ketones (excluding diaryl/α,β-unsaturated/α-hetero) is 1. The van der Waals surface area contributed by atoms with Crippen LogP contribution < -0.4 is 0 Å². The molecule has 0 spiro atoms. The highest BCUT2D eigenvalue weighted by Gasteiger charge is 2.03. The average Bonchev–Trinajstić information content (AvgIpc) is 2.65. The summed E-state index contributed by atoms with van der Waals surface area (Å²) in [4.78, 5) is 15.1. The van der Waals surface area contributed by atoms with E-state index in [0.717, 1.165) is 5.69 Å². The topological polar surface area (TPSA) is 47.8 Å². The Kier molecular flexibility index (Phi) is 2.51. The second-order valence-electron chi connectivity index (χ2n) is 3.09. The quantitative estimate of drug-likeness (QED) is 0.730. The van der Waals surface area contributed by atoms with E-state index in [1.165, 1.54) is 19.3 Å². The summed E-state index contributed by atoms with van der Waals surface area (Å²) in [6, 6.07) is 1.72. The fourth-order valence-electron chi connectivity index (χ4n) is 1.19. The number of rotatable bonds is 2. The standard InChI is InChI=1S/C10H8ClN3O/c1-7(15)8-2-10(5-12-3-8)14-6-9(11)4-13-14/h2-6H,1H3. The van der Waals surface area contributed by atoms with E-state index in [0.29, 0.717) is 10.6 Å². The first-order valence-corrected chi connectivity index (χ1v) is 4.71. The zero-order chi connectivity index (χ0) is 10.8. The van der Waals surface area contributed by atoms with Crippen LogP contribution >= 0.6 is 11.6 Å². The van der Waals surface area contributed by atoms with Gasteiger partial charge in [-0.05, 0) is 13.0 Å². The molecule has 0 bridgehead atoms. The molecule has 0 fully saturated rings. The van der Waals surface area contributed by atoms with Crippen LogP contribution in [0, 0.1) is 0 Å². The third kappa shape index (κ3) is 2.05. The third-order valence-corrected chi connectivity index (χ3v) is 2.14. The molecule has 0 aliphatic carbocycles. The highest BCUT2D eigenvalue weighted by Crippen LogP contribution is 2.12. The molecule has 15 heavy (non-hydrogen) atoms. The van der Waals surface area contributed by atoms with Gasteiger partial charge in [-0.1, -0.05) is 11.6 Å². The largest absolute Gasteiger partial charge is 0.294 e. The van der Waals surface area contributed by atoms with E-state index in [4.69, 9.17) is 11.6 Å². The lowest BCUT2D eigenvalue weighted by Crippen LogP contribution is -1.99. The van der Waals surface area contributed by atoms with E-state index in [1.54, 1.807) is 23.1 Å². The summed E-state index contributed by atoms with van der Waals surface area (Å²) >= 11 is 5.74. The maximum atomic E-state index is 11.1. The first-order valence-electron chi connectivity index (χ1n) is 4.33. The molecule has 0 unspecified atom stereocenters. The van der Waals surface area contributed by atoms with Crippen LogP contribution in [0.1, 0.15) is 17.3 Å². The van der Waals surface area contributed by atoms with Crippen LogP contribution in [-0.4, -0.2) is 20.5 Å². The Hall–Kier alpha value is -1.68. The van der Waals surface area contributed by atoms with Crippen molar-refractivity contribution in [1.29, 1.82) is 0 Å². The fourth-order valence-corrected chi connectivity index (χ4v) is 1.32. The second kappa shape index (κ2) is 3.82. The summed E-state index contributed by atoms with van der Waals surface area (Å²) in [7, 11) is 0. The molecule has 2 rings (SSSR count). The van der Waals surface area contributed by atoms with Crippen LogP contribution in [-0.2, 0) is 0 Å². The van der Waals surface area contributed by atoms with Gasteiger partial charge >= 0.3 is 0 Å². The van der Waals surface area contributed by atoms with Crippen LogP contribution in [0.5, 0.6) is 0 Å². The van der Waals surface area contributed by atoms with Crippen LogP contribution in [0.15, 0.2) is 30.9 Å². The van der Waals surface area contributed by atoms with Gasteiger partial charge in [-0.15, -0.1) is 0 Å². The van der Waals surface area contributed by atoms with Crippen LogP contribution in [0.4, 0.5) is 0 Å². The molecule has 2 heterocycles. The molecular formula is C10H8ClN3O. The number of pyridine rings is 1. The zero-order valence-corrected chi connectivity index (χ0v) is 8.77. The van der Waals surface area contributed by atoms with Crippen molar-refractivity contribution in [2.75, 3.05) is 0 Å². The van der Waals surface area contributed by atoms with Crippen molar-refractivity contribution in [2.45, 2.75) is 6.92 Å². The average molecular weight is 222 g/mol. The molecule has 0 saturated heterocycles. The van der Waals surface area contributed by atoms with Crippen molar-refractivity contribution in [3.63, 3.8) is 0 Å². The van der Waals surface area contributed by atoms with Crippen molar-refractivity contribution >= 4 is 17.4 Å². The highest BCUT2D eigenvalue weighted by molar-refractivity contribution is 6.30. The summed E-state index contributed by atoms with van der Waals surface area (Å²) in [5, 5.41) is 4.56. The lowest BCUT2D eigenvalue weighted by Gasteiger charge is -2.01. The number of hydrogen-bond donors (Lipinski definition) is 0. The Bertz CT molecular complexity index is 507. The molecule has 0 radical (unpaired) electrons. The number of ketones is 1. The molecule has 0 aliphatic heterocycles.